The van der Waals surface area contributed by atoms with E-state index >= 15 is 0 Å². The second-order valence-electron chi connectivity index (χ2n) is 9.51. The Labute approximate surface area is 202 Å². The molecule has 5 fully saturated rings. The number of carbonyl (C=O) groups is 2. The highest BCUT2D eigenvalue weighted by atomic mass is 32.2. The van der Waals surface area contributed by atoms with Gasteiger partial charge in [-0.1, -0.05) is 17.8 Å². The number of thiocarbonyl (C=S) groups is 1. The Kier molecular flexibility index (Phi) is 5.83. The molecule has 33 heavy (non-hydrogen) atoms. The quantitative estimate of drug-likeness (QED) is 0.482. The monoisotopic (exact) mass is 483 g/mol. The van der Waals surface area contributed by atoms with E-state index in [1.165, 1.54) is 43.1 Å². The second-order valence-corrected chi connectivity index (χ2v) is 11.2. The number of nitriles is 1. The van der Waals surface area contributed by atoms with Gasteiger partial charge >= 0.3 is 0 Å². The van der Waals surface area contributed by atoms with Gasteiger partial charge in [0.05, 0.1) is 17.4 Å². The third kappa shape index (κ3) is 4.11. The summed E-state index contributed by atoms with van der Waals surface area (Å²) in [5.41, 5.74) is 3.25. The van der Waals surface area contributed by atoms with E-state index < -0.39 is 0 Å². The van der Waals surface area contributed by atoms with Crippen LogP contribution in [-0.4, -0.2) is 34.9 Å². The molecule has 1 N–H and O–H groups in total. The number of rotatable bonds is 6. The summed E-state index contributed by atoms with van der Waals surface area (Å²) in [6.07, 6.45) is 8.24. The fourth-order valence-electron chi connectivity index (χ4n) is 6.33. The van der Waals surface area contributed by atoms with Gasteiger partial charge < -0.3 is 9.47 Å². The Morgan fingerprint density at radius 3 is 2.55 bits per heavy atom. The zero-order valence-corrected chi connectivity index (χ0v) is 20.0. The van der Waals surface area contributed by atoms with Gasteiger partial charge in [-0.15, -0.1) is 0 Å². The van der Waals surface area contributed by atoms with Crippen molar-refractivity contribution in [2.45, 2.75) is 38.5 Å². The van der Waals surface area contributed by atoms with E-state index in [0.717, 1.165) is 24.8 Å². The van der Waals surface area contributed by atoms with Crippen LogP contribution in [0.3, 0.4) is 0 Å². The summed E-state index contributed by atoms with van der Waals surface area (Å²) < 4.78 is 11.0. The maximum absolute atomic E-state index is 13.4. The van der Waals surface area contributed by atoms with Crippen LogP contribution in [0, 0.1) is 34.5 Å². The summed E-state index contributed by atoms with van der Waals surface area (Å²) in [5, 5.41) is 9.94. The minimum atomic E-state index is -0.353. The third-order valence-electron chi connectivity index (χ3n) is 7.30. The number of carbonyl (C=O) groups excluding carboxylic acids is 2. The molecule has 1 aromatic carbocycles. The van der Waals surface area contributed by atoms with Crippen molar-refractivity contribution in [2.75, 3.05) is 13.7 Å². The Morgan fingerprint density at radius 1 is 1.27 bits per heavy atom. The number of ether oxygens (including phenoxy) is 2. The number of hydrogen-bond acceptors (Lipinski definition) is 7. The second kappa shape index (κ2) is 8.65. The highest BCUT2D eigenvalue weighted by Gasteiger charge is 2.55. The smallest absolute Gasteiger partial charge is 0.285 e. The van der Waals surface area contributed by atoms with Crippen molar-refractivity contribution in [3.63, 3.8) is 0 Å². The molecule has 0 atom stereocenters. The minimum Gasteiger partial charge on any atom is -0.493 e. The molecule has 1 aromatic rings. The van der Waals surface area contributed by atoms with E-state index in [1.807, 2.05) is 6.07 Å². The van der Waals surface area contributed by atoms with Crippen molar-refractivity contribution in [1.82, 2.24) is 10.4 Å². The zero-order valence-electron chi connectivity index (χ0n) is 18.3. The first-order valence-electron chi connectivity index (χ1n) is 11.2. The fourth-order valence-corrected chi connectivity index (χ4v) is 7.51. The average Bonchev–Trinajstić information content (AvgIpc) is 3.04. The van der Waals surface area contributed by atoms with Crippen molar-refractivity contribution >= 4 is 46.2 Å². The predicted octanol–water partition coefficient (Wildman–Crippen LogP) is 4.05. The molecular formula is C24H25N3O4S2. The highest BCUT2D eigenvalue weighted by molar-refractivity contribution is 8.26. The van der Waals surface area contributed by atoms with Gasteiger partial charge in [-0.05, 0) is 92.3 Å². The van der Waals surface area contributed by atoms with E-state index in [1.54, 1.807) is 24.3 Å². The van der Waals surface area contributed by atoms with Gasteiger partial charge in [-0.3, -0.25) is 15.0 Å². The van der Waals surface area contributed by atoms with Gasteiger partial charge in [0.2, 0.25) is 5.91 Å². The Balaban J connectivity index is 1.31. The predicted molar refractivity (Wildman–Crippen MR) is 128 cm³/mol. The number of thioether (sulfide) groups is 1. The lowest BCUT2D eigenvalue weighted by molar-refractivity contribution is -0.152. The number of amides is 2. The summed E-state index contributed by atoms with van der Waals surface area (Å²) in [6, 6.07) is 7.12. The lowest BCUT2D eigenvalue weighted by atomic mass is 9.49. The lowest BCUT2D eigenvalue weighted by Crippen LogP contribution is -2.57. The number of hydrogen-bond donors (Lipinski definition) is 1. The molecule has 2 amide bonds. The van der Waals surface area contributed by atoms with Crippen LogP contribution in [0.15, 0.2) is 23.1 Å². The molecule has 0 radical (unpaired) electrons. The zero-order chi connectivity index (χ0) is 23.2. The van der Waals surface area contributed by atoms with E-state index in [-0.39, 0.29) is 23.8 Å². The molecule has 4 aliphatic carbocycles. The Hall–Kier alpha value is -2.57. The van der Waals surface area contributed by atoms with Crippen molar-refractivity contribution in [3.05, 3.63) is 28.7 Å². The largest absolute Gasteiger partial charge is 0.493 e. The van der Waals surface area contributed by atoms with Gasteiger partial charge in [0.15, 0.2) is 22.4 Å². The molecule has 1 saturated heterocycles. The van der Waals surface area contributed by atoms with Crippen LogP contribution in [-0.2, 0) is 9.59 Å². The first-order valence-corrected chi connectivity index (χ1v) is 12.4. The van der Waals surface area contributed by atoms with E-state index in [0.29, 0.717) is 38.5 Å². The standard InChI is InChI=1S/C24H25N3O4S2/c1-30-19-9-14(2-3-18(19)31-5-4-25)10-20-21(28)27(23(32)33-20)26-22(29)24-11-15-6-16(12-24)8-17(7-15)13-24/h2-3,9-10,15-17H,5-8,11-13H2,1H3,(H,26,29)/b20-10-. The van der Waals surface area contributed by atoms with Crippen LogP contribution < -0.4 is 14.9 Å². The third-order valence-corrected chi connectivity index (χ3v) is 8.61. The highest BCUT2D eigenvalue weighted by Crippen LogP contribution is 2.60. The van der Waals surface area contributed by atoms with Gasteiger partial charge in [0, 0.05) is 0 Å². The Morgan fingerprint density at radius 2 is 1.94 bits per heavy atom. The lowest BCUT2D eigenvalue weighted by Gasteiger charge is -2.55. The van der Waals surface area contributed by atoms with Crippen LogP contribution in [0.25, 0.3) is 6.08 Å². The van der Waals surface area contributed by atoms with Crippen LogP contribution in [0.4, 0.5) is 0 Å². The average molecular weight is 484 g/mol. The fraction of sp³-hybridized carbons (Fsp3) is 0.500. The van der Waals surface area contributed by atoms with Gasteiger partial charge in [-0.2, -0.15) is 10.3 Å². The summed E-state index contributed by atoms with van der Waals surface area (Å²) in [6.45, 7) is -0.0855. The van der Waals surface area contributed by atoms with Gasteiger partial charge in [-0.25, -0.2) is 0 Å². The molecule has 6 rings (SSSR count). The van der Waals surface area contributed by atoms with Crippen LogP contribution in [0.5, 0.6) is 11.5 Å². The van der Waals surface area contributed by atoms with Gasteiger partial charge in [0.1, 0.15) is 6.07 Å². The summed E-state index contributed by atoms with van der Waals surface area (Å²) in [5.74, 6) is 2.46. The maximum atomic E-state index is 13.4. The molecule has 1 aliphatic heterocycles. The SMILES string of the molecule is COc1cc(/C=C2\SC(=S)N(NC(=O)C34CC5CC(CC(C5)C3)C4)C2=O)ccc1OCC#N. The number of nitrogens with one attached hydrogen (secondary N) is 1. The molecule has 4 bridgehead atoms. The van der Waals surface area contributed by atoms with Crippen LogP contribution >= 0.6 is 24.0 Å². The number of methoxy groups -OCH3 is 1. The molecule has 0 aromatic heterocycles. The summed E-state index contributed by atoms with van der Waals surface area (Å²) in [4.78, 5) is 26.9. The van der Waals surface area contributed by atoms with E-state index in [4.69, 9.17) is 27.0 Å². The van der Waals surface area contributed by atoms with Crippen molar-refractivity contribution in [2.24, 2.45) is 23.2 Å². The van der Waals surface area contributed by atoms with E-state index in [9.17, 15) is 9.59 Å². The first-order chi connectivity index (χ1) is 15.9. The topological polar surface area (TPSA) is 91.7 Å². The molecule has 7 nitrogen and oxygen atoms in total. The van der Waals surface area contributed by atoms with Crippen LogP contribution in [0.2, 0.25) is 0 Å². The molecular weight excluding hydrogens is 458 g/mol. The summed E-state index contributed by atoms with van der Waals surface area (Å²) in [7, 11) is 1.51. The normalized spacial score (nSPS) is 31.1. The molecule has 0 spiro atoms. The molecule has 172 valence electrons. The molecule has 0 unspecified atom stereocenters. The van der Waals surface area contributed by atoms with Crippen molar-refractivity contribution in [1.29, 1.82) is 5.26 Å². The van der Waals surface area contributed by atoms with E-state index in [2.05, 4.69) is 5.43 Å². The molecule has 5 aliphatic rings. The number of hydrazine groups is 1. The molecule has 4 saturated carbocycles. The molecule has 9 heteroatoms. The summed E-state index contributed by atoms with van der Waals surface area (Å²) >= 11 is 6.59. The molecule has 1 heterocycles. The Bertz CT molecular complexity index is 1060. The van der Waals surface area contributed by atoms with Crippen molar-refractivity contribution < 1.29 is 19.1 Å². The van der Waals surface area contributed by atoms with Gasteiger partial charge in [0.25, 0.3) is 5.91 Å². The number of nitrogens with zero attached hydrogens (tertiary/aromatic N) is 2. The maximum Gasteiger partial charge on any atom is 0.285 e. The van der Waals surface area contributed by atoms with Crippen LogP contribution in [0.1, 0.15) is 44.1 Å². The first kappa shape index (κ1) is 22.2. The van der Waals surface area contributed by atoms with Crippen molar-refractivity contribution in [3.8, 4) is 17.6 Å². The number of benzene rings is 1. The minimum absolute atomic E-state index is 0.0557.